The number of aromatic nitrogens is 3. The highest BCUT2D eigenvalue weighted by Crippen LogP contribution is 2.41. The van der Waals surface area contributed by atoms with Crippen molar-refractivity contribution in [2.75, 3.05) is 18.4 Å². The topological polar surface area (TPSA) is 64.0 Å². The summed E-state index contributed by atoms with van der Waals surface area (Å²) < 4.78 is 8.54. The van der Waals surface area contributed by atoms with E-state index in [0.717, 1.165) is 51.1 Å². The SMILES string of the molecule is c1ccc(C2CCc3nc4c(n32)N[C@@H](c2ccnc(O[C@@H]3CCNC3)c2)CC4)cc1. The van der Waals surface area contributed by atoms with E-state index in [0.29, 0.717) is 6.04 Å². The van der Waals surface area contributed by atoms with E-state index in [4.69, 9.17) is 9.72 Å². The summed E-state index contributed by atoms with van der Waals surface area (Å²) in [5.41, 5.74) is 3.82. The Bertz CT molecular complexity index is 1040. The van der Waals surface area contributed by atoms with Gasteiger partial charge in [0.15, 0.2) is 0 Å². The average molecular weight is 402 g/mol. The largest absolute Gasteiger partial charge is 0.473 e. The van der Waals surface area contributed by atoms with Gasteiger partial charge in [0.25, 0.3) is 0 Å². The third-order valence-corrected chi connectivity index (χ3v) is 6.64. The van der Waals surface area contributed by atoms with Crippen molar-refractivity contribution in [2.24, 2.45) is 0 Å². The Morgan fingerprint density at radius 1 is 1.00 bits per heavy atom. The molecule has 1 saturated heterocycles. The quantitative estimate of drug-likeness (QED) is 0.699. The molecule has 5 heterocycles. The molecule has 2 N–H and O–H groups in total. The molecule has 0 amide bonds. The van der Waals surface area contributed by atoms with Crippen LogP contribution in [-0.4, -0.2) is 33.7 Å². The molecular weight excluding hydrogens is 374 g/mol. The Labute approximate surface area is 176 Å². The van der Waals surface area contributed by atoms with Crippen molar-refractivity contribution in [3.05, 3.63) is 71.3 Å². The molecule has 2 aromatic heterocycles. The van der Waals surface area contributed by atoms with Crippen molar-refractivity contribution in [1.29, 1.82) is 0 Å². The second-order valence-electron chi connectivity index (χ2n) is 8.55. The van der Waals surface area contributed by atoms with Crippen LogP contribution in [0.5, 0.6) is 5.88 Å². The smallest absolute Gasteiger partial charge is 0.213 e. The highest BCUT2D eigenvalue weighted by atomic mass is 16.5. The standard InChI is InChI=1S/C24H27N5O/c1-2-4-16(5-3-1)21-8-9-22-27-20-7-6-19(28-24(20)29(21)22)17-10-13-26-23(14-17)30-18-11-12-25-15-18/h1-5,10,13-14,18-19,21,25,28H,6-9,11-12,15H2/t18-,19-,21?/m1/s1. The average Bonchev–Trinajstić information content (AvgIpc) is 3.51. The molecule has 6 nitrogen and oxygen atoms in total. The van der Waals surface area contributed by atoms with E-state index < -0.39 is 0 Å². The van der Waals surface area contributed by atoms with E-state index >= 15 is 0 Å². The Balaban J connectivity index is 1.27. The van der Waals surface area contributed by atoms with Crippen LogP contribution in [0.15, 0.2) is 48.7 Å². The van der Waals surface area contributed by atoms with Crippen LogP contribution in [0.3, 0.4) is 0 Å². The van der Waals surface area contributed by atoms with E-state index in [-0.39, 0.29) is 12.1 Å². The van der Waals surface area contributed by atoms with Gasteiger partial charge in [0.1, 0.15) is 17.7 Å². The number of anilines is 1. The molecule has 0 radical (unpaired) electrons. The van der Waals surface area contributed by atoms with E-state index in [1.165, 1.54) is 28.5 Å². The lowest BCUT2D eigenvalue weighted by Crippen LogP contribution is -2.22. The summed E-state index contributed by atoms with van der Waals surface area (Å²) in [5, 5.41) is 7.16. The molecule has 0 aliphatic carbocycles. The number of pyridine rings is 1. The van der Waals surface area contributed by atoms with Crippen molar-refractivity contribution in [3.8, 4) is 5.88 Å². The molecule has 30 heavy (non-hydrogen) atoms. The molecule has 0 saturated carbocycles. The first-order chi connectivity index (χ1) is 14.8. The van der Waals surface area contributed by atoms with E-state index in [2.05, 4.69) is 62.6 Å². The molecule has 154 valence electrons. The first kappa shape index (κ1) is 18.0. The molecule has 3 aromatic rings. The number of hydrogen-bond acceptors (Lipinski definition) is 5. The predicted molar refractivity (Wildman–Crippen MR) is 116 cm³/mol. The normalized spacial score (nSPS) is 24.9. The number of nitrogens with one attached hydrogen (secondary N) is 2. The van der Waals surface area contributed by atoms with Gasteiger partial charge in [0.05, 0.1) is 17.8 Å². The Morgan fingerprint density at radius 3 is 2.80 bits per heavy atom. The second kappa shape index (κ2) is 7.43. The molecule has 1 fully saturated rings. The van der Waals surface area contributed by atoms with E-state index in [1.54, 1.807) is 0 Å². The summed E-state index contributed by atoms with van der Waals surface area (Å²) in [4.78, 5) is 9.42. The summed E-state index contributed by atoms with van der Waals surface area (Å²) in [6, 6.07) is 15.7. The summed E-state index contributed by atoms with van der Waals surface area (Å²) in [6.07, 6.45) is 7.34. The minimum absolute atomic E-state index is 0.225. The molecule has 6 rings (SSSR count). The lowest BCUT2D eigenvalue weighted by molar-refractivity contribution is 0.213. The Kier molecular flexibility index (Phi) is 4.45. The van der Waals surface area contributed by atoms with Crippen LogP contribution in [0.1, 0.15) is 54.0 Å². The van der Waals surface area contributed by atoms with Gasteiger partial charge < -0.3 is 19.9 Å². The van der Waals surface area contributed by atoms with Crippen LogP contribution >= 0.6 is 0 Å². The molecule has 0 bridgehead atoms. The van der Waals surface area contributed by atoms with Gasteiger partial charge in [-0.15, -0.1) is 0 Å². The van der Waals surface area contributed by atoms with Crippen LogP contribution in [0, 0.1) is 0 Å². The second-order valence-corrected chi connectivity index (χ2v) is 8.55. The zero-order valence-corrected chi connectivity index (χ0v) is 17.1. The van der Waals surface area contributed by atoms with Crippen molar-refractivity contribution in [2.45, 2.75) is 50.3 Å². The zero-order valence-electron chi connectivity index (χ0n) is 17.1. The minimum Gasteiger partial charge on any atom is -0.473 e. The minimum atomic E-state index is 0.225. The summed E-state index contributed by atoms with van der Waals surface area (Å²) in [6.45, 7) is 1.92. The maximum atomic E-state index is 6.09. The van der Waals surface area contributed by atoms with Crippen molar-refractivity contribution >= 4 is 5.82 Å². The fraction of sp³-hybridized carbons (Fsp3) is 0.417. The Hall–Kier alpha value is -2.86. The third-order valence-electron chi connectivity index (χ3n) is 6.64. The number of nitrogens with zero attached hydrogens (tertiary/aromatic N) is 3. The van der Waals surface area contributed by atoms with Crippen molar-refractivity contribution in [3.63, 3.8) is 0 Å². The number of fused-ring (bicyclic) bond motifs is 3. The highest BCUT2D eigenvalue weighted by Gasteiger charge is 2.33. The number of ether oxygens (including phenoxy) is 1. The first-order valence-electron chi connectivity index (χ1n) is 11.1. The van der Waals surface area contributed by atoms with Crippen molar-refractivity contribution < 1.29 is 4.74 Å². The van der Waals surface area contributed by atoms with Gasteiger partial charge in [0, 0.05) is 25.2 Å². The molecular formula is C24H27N5O. The number of imidazole rings is 1. The lowest BCUT2D eigenvalue weighted by atomic mass is 9.98. The first-order valence-corrected chi connectivity index (χ1v) is 11.1. The molecule has 1 aromatic carbocycles. The van der Waals surface area contributed by atoms with Crippen LogP contribution in [0.4, 0.5) is 5.82 Å². The molecule has 3 aliphatic rings. The molecule has 3 aliphatic heterocycles. The molecule has 3 atom stereocenters. The highest BCUT2D eigenvalue weighted by molar-refractivity contribution is 5.51. The van der Waals surface area contributed by atoms with Crippen LogP contribution in [-0.2, 0) is 12.8 Å². The fourth-order valence-corrected chi connectivity index (χ4v) is 5.13. The zero-order chi connectivity index (χ0) is 19.9. The Morgan fingerprint density at radius 2 is 1.93 bits per heavy atom. The van der Waals surface area contributed by atoms with Crippen LogP contribution in [0.2, 0.25) is 0 Å². The number of rotatable bonds is 4. The van der Waals surface area contributed by atoms with E-state index in [9.17, 15) is 0 Å². The van der Waals surface area contributed by atoms with Crippen LogP contribution < -0.4 is 15.4 Å². The fourth-order valence-electron chi connectivity index (χ4n) is 5.13. The predicted octanol–water partition coefficient (Wildman–Crippen LogP) is 3.65. The van der Waals surface area contributed by atoms with Gasteiger partial charge in [-0.3, -0.25) is 0 Å². The van der Waals surface area contributed by atoms with Gasteiger partial charge in [-0.2, -0.15) is 0 Å². The maximum Gasteiger partial charge on any atom is 0.213 e. The molecule has 1 unspecified atom stereocenters. The van der Waals surface area contributed by atoms with Gasteiger partial charge >= 0.3 is 0 Å². The van der Waals surface area contributed by atoms with Gasteiger partial charge in [0.2, 0.25) is 5.88 Å². The third kappa shape index (κ3) is 3.16. The number of hydrogen-bond donors (Lipinski definition) is 2. The van der Waals surface area contributed by atoms with Gasteiger partial charge in [-0.25, -0.2) is 9.97 Å². The lowest BCUT2D eigenvalue weighted by Gasteiger charge is -2.28. The number of benzene rings is 1. The monoisotopic (exact) mass is 401 g/mol. The van der Waals surface area contributed by atoms with E-state index in [1.807, 2.05) is 6.20 Å². The summed E-state index contributed by atoms with van der Waals surface area (Å²) in [7, 11) is 0. The number of aryl methyl sites for hydroxylation is 2. The summed E-state index contributed by atoms with van der Waals surface area (Å²) >= 11 is 0. The maximum absolute atomic E-state index is 6.09. The summed E-state index contributed by atoms with van der Waals surface area (Å²) in [5.74, 6) is 3.15. The van der Waals surface area contributed by atoms with Crippen LogP contribution in [0.25, 0.3) is 0 Å². The van der Waals surface area contributed by atoms with Gasteiger partial charge in [-0.1, -0.05) is 30.3 Å². The van der Waals surface area contributed by atoms with Crippen molar-refractivity contribution in [1.82, 2.24) is 19.9 Å². The van der Waals surface area contributed by atoms with Gasteiger partial charge in [-0.05, 0) is 49.4 Å². The molecule has 0 spiro atoms. The molecule has 6 heteroatoms.